The minimum Gasteiger partial charge on any atom is -0.497 e. The van der Waals surface area contributed by atoms with Crippen LogP contribution in [0.5, 0.6) is 5.75 Å². The van der Waals surface area contributed by atoms with Crippen molar-refractivity contribution >= 4 is 27.5 Å². The Morgan fingerprint density at radius 1 is 1.41 bits per heavy atom. The molecule has 5 heteroatoms. The Bertz CT molecular complexity index is 523. The van der Waals surface area contributed by atoms with Crippen LogP contribution in [-0.2, 0) is 0 Å². The molecule has 0 fully saturated rings. The van der Waals surface area contributed by atoms with Crippen molar-refractivity contribution in [1.29, 1.82) is 0 Å². The molecule has 0 saturated heterocycles. The number of rotatable bonds is 3. The molecule has 2 aromatic rings. The van der Waals surface area contributed by atoms with Gasteiger partial charge in [0, 0.05) is 10.7 Å². The molecule has 1 aromatic carbocycles. The second-order valence-corrected chi connectivity index (χ2v) is 4.24. The van der Waals surface area contributed by atoms with Crippen LogP contribution in [0.15, 0.2) is 41.0 Å². The fourth-order valence-corrected chi connectivity index (χ4v) is 1.84. The van der Waals surface area contributed by atoms with Gasteiger partial charge in [0.15, 0.2) is 0 Å². The number of amides is 1. The summed E-state index contributed by atoms with van der Waals surface area (Å²) in [6, 6.07) is 8.86. The maximum atomic E-state index is 11.8. The molecule has 0 saturated carbocycles. The van der Waals surface area contributed by atoms with Crippen LogP contribution in [0.1, 0.15) is 10.5 Å². The van der Waals surface area contributed by atoms with Gasteiger partial charge in [0.25, 0.3) is 5.91 Å². The van der Waals surface area contributed by atoms with E-state index in [9.17, 15) is 4.79 Å². The van der Waals surface area contributed by atoms with Crippen molar-refractivity contribution in [3.8, 4) is 5.75 Å². The second-order valence-electron chi connectivity index (χ2n) is 3.38. The molecule has 1 aromatic heterocycles. The van der Waals surface area contributed by atoms with Crippen LogP contribution in [0.3, 0.4) is 0 Å². The number of H-pyrrole nitrogens is 1. The van der Waals surface area contributed by atoms with E-state index in [1.54, 1.807) is 43.6 Å². The third kappa shape index (κ3) is 2.68. The molecule has 0 aliphatic carbocycles. The van der Waals surface area contributed by atoms with Gasteiger partial charge < -0.3 is 15.0 Å². The number of hydrogen-bond donors (Lipinski definition) is 2. The number of carbonyl (C=O) groups is 1. The van der Waals surface area contributed by atoms with Crippen LogP contribution in [0.4, 0.5) is 5.69 Å². The van der Waals surface area contributed by atoms with Gasteiger partial charge >= 0.3 is 0 Å². The summed E-state index contributed by atoms with van der Waals surface area (Å²) in [5.74, 6) is 0.551. The summed E-state index contributed by atoms with van der Waals surface area (Å²) < 4.78 is 5.85. The lowest BCUT2D eigenvalue weighted by molar-refractivity contribution is 0.102. The molecule has 0 atom stereocenters. The van der Waals surface area contributed by atoms with E-state index in [1.807, 2.05) is 0 Å². The van der Waals surface area contributed by atoms with E-state index < -0.39 is 0 Å². The summed E-state index contributed by atoms with van der Waals surface area (Å²) in [6.07, 6.45) is 1.71. The third-order valence-electron chi connectivity index (χ3n) is 2.27. The highest BCUT2D eigenvalue weighted by Gasteiger charge is 2.09. The molecular weight excluding hydrogens is 284 g/mol. The van der Waals surface area contributed by atoms with E-state index in [0.717, 1.165) is 10.2 Å². The van der Waals surface area contributed by atoms with Crippen molar-refractivity contribution in [1.82, 2.24) is 4.98 Å². The normalized spacial score (nSPS) is 10.0. The lowest BCUT2D eigenvalue weighted by Gasteiger charge is -2.08. The van der Waals surface area contributed by atoms with Gasteiger partial charge in [-0.05, 0) is 46.3 Å². The van der Waals surface area contributed by atoms with E-state index in [-0.39, 0.29) is 5.91 Å². The van der Waals surface area contributed by atoms with Crippen LogP contribution in [-0.4, -0.2) is 18.0 Å². The summed E-state index contributed by atoms with van der Waals surface area (Å²) >= 11 is 3.37. The summed E-state index contributed by atoms with van der Waals surface area (Å²) in [7, 11) is 1.60. The number of ether oxygens (including phenoxy) is 1. The van der Waals surface area contributed by atoms with Crippen molar-refractivity contribution in [3.05, 3.63) is 46.7 Å². The van der Waals surface area contributed by atoms with Gasteiger partial charge in [0.05, 0.1) is 12.8 Å². The molecule has 2 rings (SSSR count). The first-order chi connectivity index (χ1) is 8.20. The summed E-state index contributed by atoms with van der Waals surface area (Å²) in [5.41, 5.74) is 1.22. The summed E-state index contributed by atoms with van der Waals surface area (Å²) in [5, 5.41) is 2.79. The van der Waals surface area contributed by atoms with E-state index in [2.05, 4.69) is 26.2 Å². The third-order valence-corrected chi connectivity index (χ3v) is 2.92. The Labute approximate surface area is 107 Å². The van der Waals surface area contributed by atoms with Crippen LogP contribution in [0.25, 0.3) is 0 Å². The van der Waals surface area contributed by atoms with Gasteiger partial charge in [-0.25, -0.2) is 0 Å². The van der Waals surface area contributed by atoms with Crippen LogP contribution in [0, 0.1) is 0 Å². The van der Waals surface area contributed by atoms with Crippen LogP contribution < -0.4 is 10.1 Å². The Balaban J connectivity index is 2.16. The maximum Gasteiger partial charge on any atom is 0.272 e. The maximum absolute atomic E-state index is 11.8. The van der Waals surface area contributed by atoms with E-state index in [4.69, 9.17) is 4.74 Å². The highest BCUT2D eigenvalue weighted by Crippen LogP contribution is 2.27. The first-order valence-corrected chi connectivity index (χ1v) is 5.78. The van der Waals surface area contributed by atoms with Gasteiger partial charge in [-0.3, -0.25) is 4.79 Å². The number of methoxy groups -OCH3 is 1. The Morgan fingerprint density at radius 2 is 2.24 bits per heavy atom. The predicted octanol–water partition coefficient (Wildman–Crippen LogP) is 3.04. The summed E-state index contributed by atoms with van der Waals surface area (Å²) in [6.45, 7) is 0. The zero-order valence-corrected chi connectivity index (χ0v) is 10.7. The number of halogens is 1. The minimum atomic E-state index is -0.180. The molecule has 17 heavy (non-hydrogen) atoms. The molecule has 0 unspecified atom stereocenters. The van der Waals surface area contributed by atoms with Gasteiger partial charge in [0.2, 0.25) is 0 Å². The number of benzene rings is 1. The molecule has 0 aliphatic rings. The van der Waals surface area contributed by atoms with E-state index >= 15 is 0 Å². The standard InChI is InChI=1S/C12H11BrN2O2/c1-17-8-4-5-10(9(13)7-8)15-12(16)11-3-2-6-14-11/h2-7,14H,1H3,(H,15,16). The number of aromatic amines is 1. The SMILES string of the molecule is COc1ccc(NC(=O)c2ccc[nH]2)c(Br)c1. The molecule has 88 valence electrons. The van der Waals surface area contributed by atoms with Crippen molar-refractivity contribution in [3.63, 3.8) is 0 Å². The molecule has 2 N–H and O–H groups in total. The van der Waals surface area contributed by atoms with Gasteiger partial charge in [0.1, 0.15) is 11.4 Å². The first-order valence-electron chi connectivity index (χ1n) is 4.99. The van der Waals surface area contributed by atoms with Gasteiger partial charge in [-0.2, -0.15) is 0 Å². The number of aromatic nitrogens is 1. The molecule has 0 spiro atoms. The average molecular weight is 295 g/mol. The fraction of sp³-hybridized carbons (Fsp3) is 0.0833. The number of anilines is 1. The van der Waals surface area contributed by atoms with Crippen LogP contribution in [0.2, 0.25) is 0 Å². The van der Waals surface area contributed by atoms with Crippen molar-refractivity contribution < 1.29 is 9.53 Å². The molecular formula is C12H11BrN2O2. The molecule has 1 heterocycles. The molecule has 4 nitrogen and oxygen atoms in total. The lowest BCUT2D eigenvalue weighted by Crippen LogP contribution is -2.12. The predicted molar refractivity (Wildman–Crippen MR) is 69.4 cm³/mol. The Kier molecular flexibility index (Phi) is 3.49. The fourth-order valence-electron chi connectivity index (χ4n) is 1.39. The quantitative estimate of drug-likeness (QED) is 0.914. The van der Waals surface area contributed by atoms with E-state index in [1.165, 1.54) is 0 Å². The topological polar surface area (TPSA) is 54.1 Å². The monoisotopic (exact) mass is 294 g/mol. The molecule has 0 radical (unpaired) electrons. The summed E-state index contributed by atoms with van der Waals surface area (Å²) in [4.78, 5) is 14.6. The largest absolute Gasteiger partial charge is 0.497 e. The zero-order chi connectivity index (χ0) is 12.3. The van der Waals surface area contributed by atoms with Gasteiger partial charge in [-0.1, -0.05) is 0 Å². The molecule has 0 bridgehead atoms. The smallest absolute Gasteiger partial charge is 0.272 e. The highest BCUT2D eigenvalue weighted by atomic mass is 79.9. The number of nitrogens with one attached hydrogen (secondary N) is 2. The highest BCUT2D eigenvalue weighted by molar-refractivity contribution is 9.10. The van der Waals surface area contributed by atoms with Crippen molar-refractivity contribution in [2.24, 2.45) is 0 Å². The zero-order valence-electron chi connectivity index (χ0n) is 9.16. The molecule has 1 amide bonds. The number of carbonyl (C=O) groups excluding carboxylic acids is 1. The second kappa shape index (κ2) is 5.05. The van der Waals surface area contributed by atoms with Crippen molar-refractivity contribution in [2.45, 2.75) is 0 Å². The Hall–Kier alpha value is -1.75. The number of hydrogen-bond acceptors (Lipinski definition) is 2. The molecule has 0 aliphatic heterocycles. The Morgan fingerprint density at radius 3 is 2.82 bits per heavy atom. The lowest BCUT2D eigenvalue weighted by atomic mass is 10.3. The average Bonchev–Trinajstić information content (AvgIpc) is 2.85. The van der Waals surface area contributed by atoms with Crippen molar-refractivity contribution in [2.75, 3.05) is 12.4 Å². The van der Waals surface area contributed by atoms with Crippen LogP contribution >= 0.6 is 15.9 Å². The minimum absolute atomic E-state index is 0.180. The van der Waals surface area contributed by atoms with Gasteiger partial charge in [-0.15, -0.1) is 0 Å². The van der Waals surface area contributed by atoms with E-state index in [0.29, 0.717) is 11.4 Å². The first kappa shape index (κ1) is 11.7.